The third-order valence-electron chi connectivity index (χ3n) is 9.01. The van der Waals surface area contributed by atoms with Crippen molar-refractivity contribution in [2.45, 2.75) is 46.1 Å². The molecule has 1 aliphatic heterocycles. The standard InChI is InChI=1S/C29H28O7/c1-16-12-22(35-26(31)18-4-5-21-17(13-18)8-11-34-21)24(30)25-28(16,2)9-6-20-27(32)36-23(14-29(20,25)3)19-7-10-33-15-19/h4-5,7-8,10-13,15-16,20,23,25H,6,9,14H2,1-3H3/t16-,20+,23+,25+,28+,29+/m1/s1. The Morgan fingerprint density at radius 3 is 2.69 bits per heavy atom. The summed E-state index contributed by atoms with van der Waals surface area (Å²) in [6.07, 6.45) is 7.86. The molecule has 2 aromatic heterocycles. The Hall–Kier alpha value is -3.61. The number of fused-ring (bicyclic) bond motifs is 4. The summed E-state index contributed by atoms with van der Waals surface area (Å²) >= 11 is 0. The zero-order valence-electron chi connectivity index (χ0n) is 20.5. The van der Waals surface area contributed by atoms with Gasteiger partial charge in [-0.2, -0.15) is 0 Å². The molecule has 0 spiro atoms. The fourth-order valence-electron chi connectivity index (χ4n) is 6.91. The third-order valence-corrected chi connectivity index (χ3v) is 9.01. The van der Waals surface area contributed by atoms with Gasteiger partial charge in [-0.1, -0.05) is 20.8 Å². The Balaban J connectivity index is 1.34. The molecule has 3 heterocycles. The highest BCUT2D eigenvalue weighted by atomic mass is 16.5. The van der Waals surface area contributed by atoms with Gasteiger partial charge in [0.1, 0.15) is 11.7 Å². The van der Waals surface area contributed by atoms with Gasteiger partial charge < -0.3 is 18.3 Å². The first-order chi connectivity index (χ1) is 17.2. The van der Waals surface area contributed by atoms with Crippen LogP contribution in [0.4, 0.5) is 0 Å². The van der Waals surface area contributed by atoms with E-state index in [1.165, 1.54) is 0 Å². The third kappa shape index (κ3) is 3.29. The molecule has 0 unspecified atom stereocenters. The maximum Gasteiger partial charge on any atom is 0.343 e. The van der Waals surface area contributed by atoms with Gasteiger partial charge in [0, 0.05) is 16.9 Å². The van der Waals surface area contributed by atoms with Gasteiger partial charge in [-0.05, 0) is 72.4 Å². The topological polar surface area (TPSA) is 96.0 Å². The van der Waals surface area contributed by atoms with Crippen LogP contribution in [0.25, 0.3) is 11.0 Å². The van der Waals surface area contributed by atoms with Crippen molar-refractivity contribution in [3.05, 3.63) is 72.1 Å². The van der Waals surface area contributed by atoms with E-state index in [0.717, 1.165) is 10.9 Å². The number of allylic oxidation sites excluding steroid dienone is 2. The van der Waals surface area contributed by atoms with Crippen LogP contribution >= 0.6 is 0 Å². The van der Waals surface area contributed by atoms with Gasteiger partial charge in [0.05, 0.1) is 30.3 Å². The largest absolute Gasteiger partial charge is 0.472 e. The van der Waals surface area contributed by atoms with E-state index in [-0.39, 0.29) is 28.8 Å². The molecule has 6 atom stereocenters. The van der Waals surface area contributed by atoms with Gasteiger partial charge in [-0.15, -0.1) is 0 Å². The van der Waals surface area contributed by atoms with Crippen molar-refractivity contribution in [2.24, 2.45) is 28.6 Å². The molecule has 36 heavy (non-hydrogen) atoms. The Morgan fingerprint density at radius 2 is 1.92 bits per heavy atom. The number of Topliss-reactive ketones (excluding diaryl/α,β-unsaturated/α-hetero) is 1. The maximum atomic E-state index is 14.1. The van der Waals surface area contributed by atoms with E-state index in [0.29, 0.717) is 30.4 Å². The number of cyclic esters (lactones) is 1. The molecule has 3 aromatic rings. The Kier molecular flexibility index (Phi) is 5.04. The fourth-order valence-corrected chi connectivity index (χ4v) is 6.91. The zero-order valence-corrected chi connectivity index (χ0v) is 20.5. The van der Waals surface area contributed by atoms with Crippen molar-refractivity contribution in [3.8, 4) is 0 Å². The van der Waals surface area contributed by atoms with Crippen LogP contribution < -0.4 is 0 Å². The number of ketones is 1. The number of carbonyl (C=O) groups excluding carboxylic acids is 3. The predicted molar refractivity (Wildman–Crippen MR) is 128 cm³/mol. The molecule has 2 aliphatic carbocycles. The quantitative estimate of drug-likeness (QED) is 0.416. The number of hydrogen-bond acceptors (Lipinski definition) is 7. The number of benzene rings is 1. The molecule has 7 nitrogen and oxygen atoms in total. The number of esters is 2. The van der Waals surface area contributed by atoms with E-state index in [9.17, 15) is 14.4 Å². The number of hydrogen-bond donors (Lipinski definition) is 0. The lowest BCUT2D eigenvalue weighted by Crippen LogP contribution is -2.60. The van der Waals surface area contributed by atoms with Crippen LogP contribution in [0.3, 0.4) is 0 Å². The summed E-state index contributed by atoms with van der Waals surface area (Å²) in [4.78, 5) is 40.3. The molecule has 0 radical (unpaired) electrons. The van der Waals surface area contributed by atoms with E-state index in [1.54, 1.807) is 55.2 Å². The van der Waals surface area contributed by atoms with Gasteiger partial charge in [0.15, 0.2) is 5.76 Å². The Morgan fingerprint density at radius 1 is 1.08 bits per heavy atom. The van der Waals surface area contributed by atoms with Gasteiger partial charge in [0.25, 0.3) is 0 Å². The van der Waals surface area contributed by atoms with Gasteiger partial charge in [0.2, 0.25) is 5.78 Å². The highest BCUT2D eigenvalue weighted by molar-refractivity contribution is 6.03. The van der Waals surface area contributed by atoms with E-state index in [4.69, 9.17) is 18.3 Å². The summed E-state index contributed by atoms with van der Waals surface area (Å²) in [5.74, 6) is -1.95. The van der Waals surface area contributed by atoms with Crippen LogP contribution in [-0.2, 0) is 19.1 Å². The fraction of sp³-hybridized carbons (Fsp3) is 0.414. The van der Waals surface area contributed by atoms with Crippen molar-refractivity contribution >= 4 is 28.7 Å². The Bertz CT molecular complexity index is 1400. The minimum atomic E-state index is -0.656. The minimum absolute atomic E-state index is 0.0255. The summed E-state index contributed by atoms with van der Waals surface area (Å²) in [6, 6.07) is 8.58. The van der Waals surface area contributed by atoms with E-state index in [1.807, 2.05) is 6.92 Å². The molecule has 186 valence electrons. The summed E-state index contributed by atoms with van der Waals surface area (Å²) in [5, 5.41) is 0.781. The van der Waals surface area contributed by atoms with E-state index in [2.05, 4.69) is 13.8 Å². The molecule has 0 N–H and O–H groups in total. The lowest BCUT2D eigenvalue weighted by molar-refractivity contribution is -0.195. The summed E-state index contributed by atoms with van der Waals surface area (Å²) in [5.41, 5.74) is 0.765. The average Bonchev–Trinajstić information content (AvgIpc) is 3.53. The normalized spacial score (nSPS) is 33.9. The first kappa shape index (κ1) is 22.8. The van der Waals surface area contributed by atoms with Crippen LogP contribution in [-0.4, -0.2) is 17.7 Å². The molecule has 2 fully saturated rings. The van der Waals surface area contributed by atoms with Gasteiger partial charge in [-0.25, -0.2) is 4.79 Å². The molecular formula is C29H28O7. The lowest BCUT2D eigenvalue weighted by atomic mass is 9.44. The number of rotatable bonds is 3. The first-order valence-electron chi connectivity index (χ1n) is 12.4. The summed E-state index contributed by atoms with van der Waals surface area (Å²) in [6.45, 7) is 6.20. The summed E-state index contributed by atoms with van der Waals surface area (Å²) in [7, 11) is 0. The second kappa shape index (κ2) is 7.95. The van der Waals surface area contributed by atoms with Crippen molar-refractivity contribution in [3.63, 3.8) is 0 Å². The molecule has 0 amide bonds. The SMILES string of the molecule is C[C@@H]1C=C(OC(=O)c2ccc3occc3c2)C(=O)[C@H]2[C@@]1(C)CC[C@H]1C(=O)O[C@H](c3ccoc3)C[C@]21C. The van der Waals surface area contributed by atoms with Gasteiger partial charge >= 0.3 is 11.9 Å². The molecule has 0 bridgehead atoms. The second-order valence-electron chi connectivity index (χ2n) is 11.0. The van der Waals surface area contributed by atoms with Crippen LogP contribution in [0, 0.1) is 28.6 Å². The van der Waals surface area contributed by atoms with Crippen LogP contribution in [0.5, 0.6) is 0 Å². The average molecular weight is 489 g/mol. The van der Waals surface area contributed by atoms with Crippen molar-refractivity contribution in [2.75, 3.05) is 0 Å². The molecule has 1 saturated carbocycles. The molecule has 7 heteroatoms. The molecule has 1 saturated heterocycles. The number of furan rings is 2. The van der Waals surface area contributed by atoms with Crippen molar-refractivity contribution in [1.29, 1.82) is 0 Å². The molecule has 3 aliphatic rings. The minimum Gasteiger partial charge on any atom is -0.472 e. The van der Waals surface area contributed by atoms with Crippen LogP contribution in [0.2, 0.25) is 0 Å². The van der Waals surface area contributed by atoms with Crippen molar-refractivity contribution in [1.82, 2.24) is 0 Å². The predicted octanol–water partition coefficient (Wildman–Crippen LogP) is 6.01. The van der Waals surface area contributed by atoms with Crippen LogP contribution in [0.15, 0.2) is 69.8 Å². The highest BCUT2D eigenvalue weighted by Crippen LogP contribution is 2.64. The number of ether oxygens (including phenoxy) is 2. The maximum absolute atomic E-state index is 14.1. The zero-order chi connectivity index (χ0) is 25.2. The van der Waals surface area contributed by atoms with E-state index < -0.39 is 29.3 Å². The Labute approximate surface area is 208 Å². The summed E-state index contributed by atoms with van der Waals surface area (Å²) < 4.78 is 22.1. The monoisotopic (exact) mass is 488 g/mol. The lowest BCUT2D eigenvalue weighted by Gasteiger charge is -2.59. The molecule has 6 rings (SSSR count). The number of carbonyl (C=O) groups is 3. The first-order valence-corrected chi connectivity index (χ1v) is 12.4. The smallest absolute Gasteiger partial charge is 0.343 e. The van der Waals surface area contributed by atoms with Crippen LogP contribution in [0.1, 0.15) is 62.1 Å². The van der Waals surface area contributed by atoms with E-state index >= 15 is 0 Å². The van der Waals surface area contributed by atoms with Crippen molar-refractivity contribution < 1.29 is 32.7 Å². The molecule has 1 aromatic carbocycles. The second-order valence-corrected chi connectivity index (χ2v) is 11.0. The highest BCUT2D eigenvalue weighted by Gasteiger charge is 2.64. The molecular weight excluding hydrogens is 460 g/mol. The van der Waals surface area contributed by atoms with Gasteiger partial charge in [-0.3, -0.25) is 9.59 Å².